The van der Waals surface area contributed by atoms with E-state index >= 15 is 0 Å². The molecule has 0 aromatic heterocycles. The summed E-state index contributed by atoms with van der Waals surface area (Å²) >= 11 is 0. The fourth-order valence-corrected chi connectivity index (χ4v) is 1.14. The summed E-state index contributed by atoms with van der Waals surface area (Å²) in [5.74, 6) is -1.64. The van der Waals surface area contributed by atoms with Crippen LogP contribution >= 0.6 is 0 Å². The molecular formula is C8H12O4. The summed E-state index contributed by atoms with van der Waals surface area (Å²) in [5.41, 5.74) is -1.66. The smallest absolute Gasteiger partial charge is 0.339 e. The number of carbonyl (C=O) groups is 2. The molecule has 0 saturated carbocycles. The van der Waals surface area contributed by atoms with Crippen molar-refractivity contribution in [1.29, 1.82) is 0 Å². The lowest BCUT2D eigenvalue weighted by molar-refractivity contribution is -0.189. The van der Waals surface area contributed by atoms with Crippen LogP contribution in [0, 0.1) is 5.92 Å². The third-order valence-corrected chi connectivity index (χ3v) is 2.37. The van der Waals surface area contributed by atoms with E-state index in [-0.39, 0.29) is 5.78 Å². The molecule has 4 nitrogen and oxygen atoms in total. The number of Topliss-reactive ketones (excluding diaryl/α,β-unsaturated/α-hetero) is 1. The second kappa shape index (κ2) is 2.55. The van der Waals surface area contributed by atoms with Crippen LogP contribution in [-0.4, -0.2) is 28.6 Å². The highest BCUT2D eigenvalue weighted by molar-refractivity contribution is 5.97. The van der Waals surface area contributed by atoms with Crippen LogP contribution in [0.5, 0.6) is 0 Å². The molecule has 0 unspecified atom stereocenters. The maximum Gasteiger partial charge on any atom is 0.339 e. The third-order valence-electron chi connectivity index (χ3n) is 2.37. The van der Waals surface area contributed by atoms with Crippen molar-refractivity contribution in [3.05, 3.63) is 0 Å². The zero-order chi connectivity index (χ0) is 9.52. The van der Waals surface area contributed by atoms with Gasteiger partial charge in [-0.1, -0.05) is 6.92 Å². The fourth-order valence-electron chi connectivity index (χ4n) is 1.14. The van der Waals surface area contributed by atoms with Gasteiger partial charge in [0.15, 0.2) is 17.5 Å². The van der Waals surface area contributed by atoms with Crippen molar-refractivity contribution < 1.29 is 19.4 Å². The van der Waals surface area contributed by atoms with Crippen LogP contribution in [0.15, 0.2) is 0 Å². The first-order valence-corrected chi connectivity index (χ1v) is 3.84. The molecule has 1 rings (SSSR count). The Morgan fingerprint density at radius 3 is 2.42 bits per heavy atom. The molecule has 0 aromatic carbocycles. The van der Waals surface area contributed by atoms with Gasteiger partial charge in [-0.2, -0.15) is 0 Å². The molecule has 0 amide bonds. The topological polar surface area (TPSA) is 63.6 Å². The lowest BCUT2D eigenvalue weighted by Crippen LogP contribution is -2.55. The van der Waals surface area contributed by atoms with Crippen LogP contribution < -0.4 is 0 Å². The number of hydrogen-bond donors (Lipinski definition) is 1. The van der Waals surface area contributed by atoms with Crippen molar-refractivity contribution >= 4 is 11.8 Å². The van der Waals surface area contributed by atoms with E-state index in [4.69, 9.17) is 0 Å². The van der Waals surface area contributed by atoms with Gasteiger partial charge in [-0.15, -0.1) is 0 Å². The number of aliphatic hydroxyl groups is 1. The minimum absolute atomic E-state index is 0.236. The van der Waals surface area contributed by atoms with Crippen LogP contribution in [-0.2, 0) is 14.3 Å². The molecule has 1 N–H and O–H groups in total. The van der Waals surface area contributed by atoms with Crippen molar-refractivity contribution in [3.8, 4) is 0 Å². The van der Waals surface area contributed by atoms with Crippen LogP contribution in [0.25, 0.3) is 0 Å². The fraction of sp³-hybridized carbons (Fsp3) is 0.750. The lowest BCUT2D eigenvalue weighted by atomic mass is 9.83. The molecule has 1 aliphatic heterocycles. The minimum atomic E-state index is -1.66. The van der Waals surface area contributed by atoms with Crippen LogP contribution in [0.1, 0.15) is 20.8 Å². The van der Waals surface area contributed by atoms with Gasteiger partial charge in [-0.3, -0.25) is 4.79 Å². The van der Waals surface area contributed by atoms with Crippen molar-refractivity contribution in [2.45, 2.75) is 32.5 Å². The van der Waals surface area contributed by atoms with E-state index in [1.54, 1.807) is 0 Å². The summed E-state index contributed by atoms with van der Waals surface area (Å²) in [6.45, 7) is 4.33. The minimum Gasteiger partial charge on any atom is -0.453 e. The monoisotopic (exact) mass is 172 g/mol. The summed E-state index contributed by atoms with van der Waals surface area (Å²) in [7, 11) is 0. The molecule has 1 fully saturated rings. The van der Waals surface area contributed by atoms with Crippen molar-refractivity contribution in [2.24, 2.45) is 5.92 Å². The Morgan fingerprint density at radius 1 is 1.42 bits per heavy atom. The zero-order valence-electron chi connectivity index (χ0n) is 7.33. The quantitative estimate of drug-likeness (QED) is 0.518. The number of hydrogen-bond acceptors (Lipinski definition) is 4. The van der Waals surface area contributed by atoms with Gasteiger partial charge in [0, 0.05) is 0 Å². The van der Waals surface area contributed by atoms with Crippen LogP contribution in [0.2, 0.25) is 0 Å². The van der Waals surface area contributed by atoms with E-state index < -0.39 is 23.6 Å². The Balaban J connectivity index is 2.95. The Labute approximate surface area is 70.5 Å². The van der Waals surface area contributed by atoms with E-state index in [0.717, 1.165) is 0 Å². The highest BCUT2D eigenvalue weighted by Crippen LogP contribution is 2.26. The van der Waals surface area contributed by atoms with Crippen LogP contribution in [0.3, 0.4) is 0 Å². The van der Waals surface area contributed by atoms with E-state index in [1.807, 2.05) is 0 Å². The number of esters is 1. The molecule has 4 heteroatoms. The first-order chi connectivity index (χ1) is 5.37. The normalized spacial score (nSPS) is 42.7. The average molecular weight is 172 g/mol. The Kier molecular flexibility index (Phi) is 1.96. The van der Waals surface area contributed by atoms with Crippen molar-refractivity contribution in [1.82, 2.24) is 0 Å². The van der Waals surface area contributed by atoms with Gasteiger partial charge >= 0.3 is 5.97 Å². The second-order valence-electron chi connectivity index (χ2n) is 3.32. The molecule has 0 aromatic rings. The van der Waals surface area contributed by atoms with E-state index in [9.17, 15) is 14.7 Å². The number of cyclic esters (lactones) is 1. The van der Waals surface area contributed by atoms with E-state index in [2.05, 4.69) is 4.74 Å². The molecule has 0 aliphatic carbocycles. The zero-order valence-corrected chi connectivity index (χ0v) is 7.33. The van der Waals surface area contributed by atoms with Crippen molar-refractivity contribution in [3.63, 3.8) is 0 Å². The number of carbonyl (C=O) groups excluding carboxylic acids is 2. The van der Waals surface area contributed by atoms with Gasteiger partial charge in [-0.25, -0.2) is 4.79 Å². The summed E-state index contributed by atoms with van der Waals surface area (Å²) in [6, 6.07) is 0. The van der Waals surface area contributed by atoms with Crippen LogP contribution in [0.4, 0.5) is 0 Å². The summed E-state index contributed by atoms with van der Waals surface area (Å²) in [5, 5.41) is 9.50. The molecule has 3 atom stereocenters. The molecule has 12 heavy (non-hydrogen) atoms. The molecule has 0 radical (unpaired) electrons. The first kappa shape index (κ1) is 9.19. The third kappa shape index (κ3) is 1.12. The molecule has 0 bridgehead atoms. The molecule has 0 spiro atoms. The molecule has 1 saturated heterocycles. The van der Waals surface area contributed by atoms with Gasteiger partial charge in [-0.05, 0) is 13.8 Å². The van der Waals surface area contributed by atoms with Gasteiger partial charge in [0.2, 0.25) is 0 Å². The lowest BCUT2D eigenvalue weighted by Gasteiger charge is -2.34. The maximum absolute atomic E-state index is 11.2. The van der Waals surface area contributed by atoms with Gasteiger partial charge in [0.05, 0.1) is 5.92 Å². The van der Waals surface area contributed by atoms with E-state index in [0.29, 0.717) is 0 Å². The van der Waals surface area contributed by atoms with Gasteiger partial charge < -0.3 is 9.84 Å². The predicted molar refractivity (Wildman–Crippen MR) is 40.3 cm³/mol. The highest BCUT2D eigenvalue weighted by Gasteiger charge is 2.48. The van der Waals surface area contributed by atoms with Gasteiger partial charge in [0.25, 0.3) is 0 Å². The number of ether oxygens (including phenoxy) is 1. The second-order valence-corrected chi connectivity index (χ2v) is 3.32. The number of rotatable bonds is 0. The van der Waals surface area contributed by atoms with Crippen molar-refractivity contribution in [2.75, 3.05) is 0 Å². The summed E-state index contributed by atoms with van der Waals surface area (Å²) < 4.78 is 4.65. The predicted octanol–water partition coefficient (Wildman–Crippen LogP) is -0.112. The first-order valence-electron chi connectivity index (χ1n) is 3.84. The summed E-state index contributed by atoms with van der Waals surface area (Å²) in [4.78, 5) is 22.3. The molecular weight excluding hydrogens is 160 g/mol. The van der Waals surface area contributed by atoms with E-state index in [1.165, 1.54) is 20.8 Å². The summed E-state index contributed by atoms with van der Waals surface area (Å²) in [6.07, 6.45) is -0.729. The molecule has 1 heterocycles. The highest BCUT2D eigenvalue weighted by atomic mass is 16.6. The number of ketones is 1. The molecule has 68 valence electrons. The Hall–Kier alpha value is -0.900. The van der Waals surface area contributed by atoms with Gasteiger partial charge in [0.1, 0.15) is 0 Å². The largest absolute Gasteiger partial charge is 0.453 e. The SMILES string of the molecule is C[C@@H]1OC(=O)[C@](C)(O)[C@@H](C)C1=O. The molecule has 1 aliphatic rings. The standard InChI is InChI=1S/C8H12O4/c1-4-6(9)5(2)12-7(10)8(4,3)11/h4-5,11H,1-3H3/t4-,5-,8+/m0/s1. The average Bonchev–Trinajstić information content (AvgIpc) is 1.99. The Morgan fingerprint density at radius 2 is 1.92 bits per heavy atom. The Bertz CT molecular complexity index is 229. The maximum atomic E-state index is 11.2.